The average Bonchev–Trinajstić information content (AvgIpc) is 2.70. The molecule has 2 aromatic carbocycles. The Morgan fingerprint density at radius 3 is 2.50 bits per heavy atom. The number of halogens is 3. The highest BCUT2D eigenvalue weighted by Crippen LogP contribution is 2.36. The zero-order chi connectivity index (χ0) is 20.1. The van der Waals surface area contributed by atoms with Gasteiger partial charge in [0.05, 0.1) is 19.3 Å². The van der Waals surface area contributed by atoms with Crippen molar-refractivity contribution in [1.29, 1.82) is 0 Å². The van der Waals surface area contributed by atoms with E-state index in [4.69, 9.17) is 9.47 Å². The van der Waals surface area contributed by atoms with E-state index in [0.717, 1.165) is 6.42 Å². The largest absolute Gasteiger partial charge is 0.381 e. The van der Waals surface area contributed by atoms with E-state index in [2.05, 4.69) is 0 Å². The summed E-state index contributed by atoms with van der Waals surface area (Å²) >= 11 is 0. The number of hydrogen-bond acceptors (Lipinski definition) is 2. The molecule has 0 spiro atoms. The van der Waals surface area contributed by atoms with Crippen LogP contribution in [0.1, 0.15) is 43.9 Å². The fourth-order valence-corrected chi connectivity index (χ4v) is 3.53. The topological polar surface area (TPSA) is 18.5 Å². The minimum Gasteiger partial charge on any atom is -0.381 e. The van der Waals surface area contributed by atoms with Crippen LogP contribution in [0.15, 0.2) is 36.4 Å². The molecule has 1 heterocycles. The summed E-state index contributed by atoms with van der Waals surface area (Å²) in [5.74, 6) is -2.33. The molecule has 150 valence electrons. The van der Waals surface area contributed by atoms with E-state index in [-0.39, 0.29) is 22.6 Å². The van der Waals surface area contributed by atoms with Crippen LogP contribution in [0.2, 0.25) is 0 Å². The first kappa shape index (κ1) is 20.6. The number of rotatable bonds is 6. The highest BCUT2D eigenvalue weighted by atomic mass is 19.2. The van der Waals surface area contributed by atoms with E-state index in [1.807, 2.05) is 13.8 Å². The zero-order valence-corrected chi connectivity index (χ0v) is 16.2. The smallest absolute Gasteiger partial charge is 0.167 e. The van der Waals surface area contributed by atoms with Gasteiger partial charge in [0.25, 0.3) is 0 Å². The Kier molecular flexibility index (Phi) is 6.92. The fraction of sp³-hybridized carbons (Fsp3) is 0.391. The fourth-order valence-electron chi connectivity index (χ4n) is 3.53. The molecule has 0 bridgehead atoms. The molecule has 0 aromatic heterocycles. The lowest BCUT2D eigenvalue weighted by Gasteiger charge is -2.29. The predicted octanol–water partition coefficient (Wildman–Crippen LogP) is 6.31. The molecule has 2 unspecified atom stereocenters. The Morgan fingerprint density at radius 2 is 1.86 bits per heavy atom. The van der Waals surface area contributed by atoms with Gasteiger partial charge in [-0.3, -0.25) is 0 Å². The molecular weight excluding hydrogens is 365 g/mol. The summed E-state index contributed by atoms with van der Waals surface area (Å²) in [4.78, 5) is 0. The first-order valence-electron chi connectivity index (χ1n) is 9.65. The molecule has 1 aliphatic heterocycles. The van der Waals surface area contributed by atoms with Crippen molar-refractivity contribution in [3.63, 3.8) is 0 Å². The normalized spacial score (nSPS) is 20.0. The van der Waals surface area contributed by atoms with E-state index in [0.29, 0.717) is 31.8 Å². The van der Waals surface area contributed by atoms with Crippen LogP contribution in [0, 0.1) is 23.4 Å². The number of ether oxygens (including phenoxy) is 2. The summed E-state index contributed by atoms with van der Waals surface area (Å²) < 4.78 is 55.1. The molecule has 5 heteroatoms. The molecule has 3 rings (SSSR count). The lowest BCUT2D eigenvalue weighted by atomic mass is 9.93. The minimum absolute atomic E-state index is 0.0394. The van der Waals surface area contributed by atoms with Gasteiger partial charge in [-0.1, -0.05) is 36.4 Å². The monoisotopic (exact) mass is 390 g/mol. The summed E-state index contributed by atoms with van der Waals surface area (Å²) in [6, 6.07) is 7.38. The van der Waals surface area contributed by atoms with Gasteiger partial charge >= 0.3 is 0 Å². The third-order valence-corrected chi connectivity index (χ3v) is 5.03. The van der Waals surface area contributed by atoms with Gasteiger partial charge in [0.15, 0.2) is 11.6 Å². The molecule has 1 aliphatic rings. The van der Waals surface area contributed by atoms with Crippen molar-refractivity contribution in [3.05, 3.63) is 65.0 Å². The highest BCUT2D eigenvalue weighted by Gasteiger charge is 2.27. The van der Waals surface area contributed by atoms with Crippen LogP contribution in [0.25, 0.3) is 17.2 Å². The van der Waals surface area contributed by atoms with Crippen LogP contribution in [-0.4, -0.2) is 19.8 Å². The van der Waals surface area contributed by atoms with Crippen molar-refractivity contribution < 1.29 is 22.6 Å². The molecule has 0 aliphatic carbocycles. The highest BCUT2D eigenvalue weighted by molar-refractivity contribution is 5.67. The van der Waals surface area contributed by atoms with Crippen LogP contribution >= 0.6 is 0 Å². The van der Waals surface area contributed by atoms with E-state index < -0.39 is 23.6 Å². The van der Waals surface area contributed by atoms with Crippen molar-refractivity contribution in [2.24, 2.45) is 5.92 Å². The predicted molar refractivity (Wildman–Crippen MR) is 104 cm³/mol. The molecule has 1 saturated heterocycles. The zero-order valence-electron chi connectivity index (χ0n) is 16.2. The van der Waals surface area contributed by atoms with Crippen molar-refractivity contribution in [2.45, 2.75) is 32.8 Å². The minimum atomic E-state index is -1.05. The van der Waals surface area contributed by atoms with E-state index in [9.17, 15) is 13.2 Å². The third kappa shape index (κ3) is 4.47. The SMILES string of the molecule is C/C=C/c1ccc(-c2ccc(C3CCC(COCC)CO3)c(F)c2F)c(F)c1. The summed E-state index contributed by atoms with van der Waals surface area (Å²) in [5.41, 5.74) is 0.800. The molecule has 2 nitrogen and oxygen atoms in total. The lowest BCUT2D eigenvalue weighted by molar-refractivity contribution is -0.0435. The number of allylic oxidation sites excluding steroid dienone is 1. The molecule has 2 atom stereocenters. The summed E-state index contributed by atoms with van der Waals surface area (Å²) in [6.45, 7) is 5.47. The van der Waals surface area contributed by atoms with Gasteiger partial charge in [-0.15, -0.1) is 0 Å². The Labute approximate surface area is 164 Å². The van der Waals surface area contributed by atoms with Gasteiger partial charge in [0, 0.05) is 29.2 Å². The molecule has 2 aromatic rings. The van der Waals surface area contributed by atoms with Gasteiger partial charge in [-0.2, -0.15) is 0 Å². The second kappa shape index (κ2) is 9.39. The average molecular weight is 390 g/mol. The lowest BCUT2D eigenvalue weighted by Crippen LogP contribution is -2.25. The van der Waals surface area contributed by atoms with Gasteiger partial charge in [0.1, 0.15) is 5.82 Å². The second-order valence-corrected chi connectivity index (χ2v) is 6.99. The van der Waals surface area contributed by atoms with Gasteiger partial charge in [-0.25, -0.2) is 13.2 Å². The van der Waals surface area contributed by atoms with Crippen LogP contribution < -0.4 is 0 Å². The maximum absolute atomic E-state index is 14.8. The quantitative estimate of drug-likeness (QED) is 0.576. The first-order valence-corrected chi connectivity index (χ1v) is 9.65. The Bertz CT molecular complexity index is 840. The summed E-state index contributed by atoms with van der Waals surface area (Å²) in [7, 11) is 0. The molecule has 0 amide bonds. The van der Waals surface area contributed by atoms with Crippen LogP contribution in [0.3, 0.4) is 0 Å². The van der Waals surface area contributed by atoms with Crippen molar-refractivity contribution >= 4 is 6.08 Å². The molecule has 28 heavy (non-hydrogen) atoms. The molecular formula is C23H25F3O2. The molecule has 0 N–H and O–H groups in total. The number of benzene rings is 2. The van der Waals surface area contributed by atoms with Crippen LogP contribution in [0.5, 0.6) is 0 Å². The molecule has 1 fully saturated rings. The van der Waals surface area contributed by atoms with Gasteiger partial charge < -0.3 is 9.47 Å². The van der Waals surface area contributed by atoms with Crippen molar-refractivity contribution in [2.75, 3.05) is 19.8 Å². The maximum atomic E-state index is 14.8. The Hall–Kier alpha value is -2.11. The third-order valence-electron chi connectivity index (χ3n) is 5.03. The second-order valence-electron chi connectivity index (χ2n) is 6.99. The Morgan fingerprint density at radius 1 is 1.07 bits per heavy atom. The van der Waals surface area contributed by atoms with E-state index in [1.165, 1.54) is 24.3 Å². The van der Waals surface area contributed by atoms with Crippen LogP contribution in [-0.2, 0) is 9.47 Å². The van der Waals surface area contributed by atoms with E-state index >= 15 is 0 Å². The number of hydrogen-bond donors (Lipinski definition) is 0. The molecule has 0 radical (unpaired) electrons. The maximum Gasteiger partial charge on any atom is 0.167 e. The van der Waals surface area contributed by atoms with Crippen molar-refractivity contribution in [1.82, 2.24) is 0 Å². The van der Waals surface area contributed by atoms with E-state index in [1.54, 1.807) is 18.2 Å². The Balaban J connectivity index is 1.81. The molecule has 0 saturated carbocycles. The van der Waals surface area contributed by atoms with Crippen LogP contribution in [0.4, 0.5) is 13.2 Å². The summed E-state index contributed by atoms with van der Waals surface area (Å²) in [5, 5.41) is 0. The van der Waals surface area contributed by atoms with Gasteiger partial charge in [-0.05, 0) is 38.3 Å². The summed E-state index contributed by atoms with van der Waals surface area (Å²) in [6.07, 6.45) is 4.45. The standard InChI is InChI=1S/C23H25F3O2/c1-3-5-15-6-8-17(20(24)12-15)18-9-10-19(23(26)22(18)25)21-11-7-16(14-28-21)13-27-4-2/h3,5-6,8-10,12,16,21H,4,7,11,13-14H2,1-2H3/b5-3+. The first-order chi connectivity index (χ1) is 13.5. The van der Waals surface area contributed by atoms with Gasteiger partial charge in [0.2, 0.25) is 0 Å². The van der Waals surface area contributed by atoms with Crippen molar-refractivity contribution in [3.8, 4) is 11.1 Å².